The summed E-state index contributed by atoms with van der Waals surface area (Å²) in [6.07, 6.45) is 4.66. The van der Waals surface area contributed by atoms with Crippen LogP contribution in [0.15, 0.2) is 53.7 Å². The van der Waals surface area contributed by atoms with Gasteiger partial charge in [0.2, 0.25) is 5.91 Å². The molecule has 8 nitrogen and oxygen atoms in total. The topological polar surface area (TPSA) is 98.9 Å². The van der Waals surface area contributed by atoms with Gasteiger partial charge in [-0.25, -0.2) is 4.98 Å². The molecule has 0 radical (unpaired) electrons. The van der Waals surface area contributed by atoms with Crippen molar-refractivity contribution in [2.45, 2.75) is 31.8 Å². The first-order valence-corrected chi connectivity index (χ1v) is 11.4. The lowest BCUT2D eigenvalue weighted by Gasteiger charge is -2.33. The molecule has 4 N–H and O–H groups in total. The summed E-state index contributed by atoms with van der Waals surface area (Å²) in [5, 5.41) is 7.00. The van der Waals surface area contributed by atoms with Gasteiger partial charge in [-0.05, 0) is 37.5 Å². The second kappa shape index (κ2) is 10.3. The van der Waals surface area contributed by atoms with Crippen LogP contribution >= 0.6 is 0 Å². The molecule has 8 heteroatoms. The summed E-state index contributed by atoms with van der Waals surface area (Å²) in [6.45, 7) is 4.10. The van der Waals surface area contributed by atoms with Gasteiger partial charge >= 0.3 is 0 Å². The van der Waals surface area contributed by atoms with Crippen LogP contribution in [0.2, 0.25) is 0 Å². The molecular weight excluding hydrogens is 402 g/mol. The van der Waals surface area contributed by atoms with Gasteiger partial charge in [-0.2, -0.15) is 0 Å². The number of aromatic nitrogens is 1. The lowest BCUT2D eigenvalue weighted by molar-refractivity contribution is -0.122. The van der Waals surface area contributed by atoms with Crippen LogP contribution in [-0.2, 0) is 11.3 Å². The highest BCUT2D eigenvalue weighted by Gasteiger charge is 2.26. The number of aliphatic imine (C=N–C) groups is 1. The standard InChI is InChI=1S/C24H33N7O/c1-26-24(29-20-11-14-30(17-20)21-9-3-2-4-10-21)28-15-18-7-5-12-27-23(18)31-13-6-8-19(16-31)22(25)32/h2-5,7,9-10,12,19-20H,6,8,11,13-17H2,1H3,(H2,25,32)(H2,26,28,29). The van der Waals surface area contributed by atoms with E-state index in [1.54, 1.807) is 13.2 Å². The van der Waals surface area contributed by atoms with Crippen LogP contribution in [0, 0.1) is 5.92 Å². The van der Waals surface area contributed by atoms with Crippen LogP contribution in [0.1, 0.15) is 24.8 Å². The molecule has 2 aliphatic heterocycles. The summed E-state index contributed by atoms with van der Waals surface area (Å²) in [5.74, 6) is 1.36. The fraction of sp³-hybridized carbons (Fsp3) is 0.458. The number of nitrogens with zero attached hydrogens (tertiary/aromatic N) is 4. The van der Waals surface area contributed by atoms with E-state index in [4.69, 9.17) is 5.73 Å². The van der Waals surface area contributed by atoms with E-state index in [1.807, 2.05) is 12.1 Å². The van der Waals surface area contributed by atoms with Gasteiger partial charge in [0, 0.05) is 63.3 Å². The van der Waals surface area contributed by atoms with Gasteiger partial charge in [0.25, 0.3) is 0 Å². The molecule has 2 aliphatic rings. The summed E-state index contributed by atoms with van der Waals surface area (Å²) in [7, 11) is 1.80. The van der Waals surface area contributed by atoms with Crippen LogP contribution in [0.4, 0.5) is 11.5 Å². The van der Waals surface area contributed by atoms with Crippen LogP contribution in [0.3, 0.4) is 0 Å². The third-order valence-corrected chi connectivity index (χ3v) is 6.31. The number of guanidine groups is 1. The quantitative estimate of drug-likeness (QED) is 0.472. The SMILES string of the molecule is CN=C(NCc1cccnc1N1CCCC(C(N)=O)C1)NC1CCN(c2ccccc2)C1. The molecular formula is C24H33N7O. The van der Waals surface area contributed by atoms with Crippen molar-refractivity contribution in [2.75, 3.05) is 43.0 Å². The van der Waals surface area contributed by atoms with Gasteiger partial charge in [0.1, 0.15) is 5.82 Å². The summed E-state index contributed by atoms with van der Waals surface area (Å²) in [6, 6.07) is 14.9. The molecule has 1 aromatic carbocycles. The minimum Gasteiger partial charge on any atom is -0.369 e. The first-order valence-electron chi connectivity index (χ1n) is 11.4. The number of para-hydroxylation sites is 1. The maximum Gasteiger partial charge on any atom is 0.222 e. The molecule has 0 spiro atoms. The minimum absolute atomic E-state index is 0.115. The van der Waals surface area contributed by atoms with Gasteiger partial charge in [-0.1, -0.05) is 24.3 Å². The fourth-order valence-electron chi connectivity index (χ4n) is 4.57. The third-order valence-electron chi connectivity index (χ3n) is 6.31. The van der Waals surface area contributed by atoms with Crippen molar-refractivity contribution in [1.29, 1.82) is 0 Å². The van der Waals surface area contributed by atoms with Crippen molar-refractivity contribution in [1.82, 2.24) is 15.6 Å². The van der Waals surface area contributed by atoms with Gasteiger partial charge in [-0.3, -0.25) is 9.79 Å². The van der Waals surface area contributed by atoms with Crippen molar-refractivity contribution in [3.05, 3.63) is 54.2 Å². The second-order valence-electron chi connectivity index (χ2n) is 8.51. The number of piperidine rings is 1. The molecule has 32 heavy (non-hydrogen) atoms. The summed E-state index contributed by atoms with van der Waals surface area (Å²) in [4.78, 5) is 25.3. The molecule has 2 unspecified atom stereocenters. The third kappa shape index (κ3) is 5.30. The highest BCUT2D eigenvalue weighted by atomic mass is 16.1. The fourth-order valence-corrected chi connectivity index (χ4v) is 4.57. The van der Waals surface area contributed by atoms with E-state index in [2.05, 4.69) is 60.7 Å². The molecule has 4 rings (SSSR count). The Kier molecular flexibility index (Phi) is 7.09. The number of carbonyl (C=O) groups is 1. The Morgan fingerprint density at radius 2 is 1.97 bits per heavy atom. The zero-order valence-corrected chi connectivity index (χ0v) is 18.7. The molecule has 2 aromatic rings. The van der Waals surface area contributed by atoms with E-state index in [9.17, 15) is 4.79 Å². The molecule has 0 saturated carbocycles. The summed E-state index contributed by atoms with van der Waals surface area (Å²) >= 11 is 0. The zero-order valence-electron chi connectivity index (χ0n) is 18.7. The number of carbonyl (C=O) groups excluding carboxylic acids is 1. The van der Waals surface area contributed by atoms with Crippen molar-refractivity contribution in [3.8, 4) is 0 Å². The number of benzene rings is 1. The Balaban J connectivity index is 1.34. The van der Waals surface area contributed by atoms with Gasteiger partial charge < -0.3 is 26.2 Å². The van der Waals surface area contributed by atoms with Gasteiger partial charge in [0.15, 0.2) is 5.96 Å². The normalized spacial score (nSPS) is 21.5. The Hall–Kier alpha value is -3.29. The number of rotatable bonds is 6. The number of hydrogen-bond donors (Lipinski definition) is 3. The predicted molar refractivity (Wildman–Crippen MR) is 129 cm³/mol. The molecule has 1 aromatic heterocycles. The number of hydrogen-bond acceptors (Lipinski definition) is 5. The van der Waals surface area contributed by atoms with Crippen molar-refractivity contribution >= 4 is 23.4 Å². The maximum absolute atomic E-state index is 11.7. The van der Waals surface area contributed by atoms with E-state index >= 15 is 0 Å². The highest BCUT2D eigenvalue weighted by Crippen LogP contribution is 2.24. The minimum atomic E-state index is -0.226. The molecule has 0 aliphatic carbocycles. The van der Waals surface area contributed by atoms with Crippen molar-refractivity contribution in [3.63, 3.8) is 0 Å². The number of amides is 1. The average molecular weight is 436 g/mol. The van der Waals surface area contributed by atoms with E-state index in [1.165, 1.54) is 5.69 Å². The highest BCUT2D eigenvalue weighted by molar-refractivity contribution is 5.80. The van der Waals surface area contributed by atoms with E-state index in [0.717, 1.165) is 56.2 Å². The predicted octanol–water partition coefficient (Wildman–Crippen LogP) is 1.73. The summed E-state index contributed by atoms with van der Waals surface area (Å²) < 4.78 is 0. The van der Waals surface area contributed by atoms with Crippen LogP contribution in [0.5, 0.6) is 0 Å². The molecule has 3 heterocycles. The first-order chi connectivity index (χ1) is 15.6. The molecule has 2 saturated heterocycles. The van der Waals surface area contributed by atoms with Gasteiger partial charge in [-0.15, -0.1) is 0 Å². The number of pyridine rings is 1. The Morgan fingerprint density at radius 3 is 2.75 bits per heavy atom. The van der Waals surface area contributed by atoms with E-state index in [0.29, 0.717) is 19.1 Å². The number of primary amides is 1. The number of anilines is 2. The Labute approximate surface area is 189 Å². The molecule has 0 bridgehead atoms. The number of nitrogens with one attached hydrogen (secondary N) is 2. The lowest BCUT2D eigenvalue weighted by Crippen LogP contribution is -2.45. The van der Waals surface area contributed by atoms with Crippen LogP contribution < -0.4 is 26.2 Å². The van der Waals surface area contributed by atoms with Crippen molar-refractivity contribution < 1.29 is 4.79 Å². The first kappa shape index (κ1) is 21.9. The maximum atomic E-state index is 11.7. The molecule has 2 atom stereocenters. The average Bonchev–Trinajstić information content (AvgIpc) is 3.31. The lowest BCUT2D eigenvalue weighted by atomic mass is 9.97. The van der Waals surface area contributed by atoms with Crippen LogP contribution in [0.25, 0.3) is 0 Å². The Morgan fingerprint density at radius 1 is 1.12 bits per heavy atom. The molecule has 1 amide bonds. The number of nitrogens with two attached hydrogens (primary N) is 1. The van der Waals surface area contributed by atoms with E-state index in [-0.39, 0.29) is 11.8 Å². The van der Waals surface area contributed by atoms with Gasteiger partial charge in [0.05, 0.1) is 5.92 Å². The zero-order chi connectivity index (χ0) is 22.3. The molecule has 170 valence electrons. The largest absolute Gasteiger partial charge is 0.369 e. The summed E-state index contributed by atoms with van der Waals surface area (Å²) in [5.41, 5.74) is 7.90. The smallest absolute Gasteiger partial charge is 0.222 e. The second-order valence-corrected chi connectivity index (χ2v) is 8.51. The van der Waals surface area contributed by atoms with Crippen LogP contribution in [-0.4, -0.2) is 56.1 Å². The molecule has 2 fully saturated rings. The van der Waals surface area contributed by atoms with Crippen molar-refractivity contribution in [2.24, 2.45) is 16.6 Å². The Bertz CT molecular complexity index is 933. The van der Waals surface area contributed by atoms with E-state index < -0.39 is 0 Å². The monoisotopic (exact) mass is 435 g/mol.